The molecule has 1 fully saturated rings. The molecule has 7 nitrogen and oxygen atoms in total. The molecule has 20 heavy (non-hydrogen) atoms. The molecule has 1 aliphatic heterocycles. The second-order valence-corrected chi connectivity index (χ2v) is 9.65. The summed E-state index contributed by atoms with van der Waals surface area (Å²) in [6.45, 7) is 0.537. The van der Waals surface area contributed by atoms with Gasteiger partial charge in [0, 0.05) is 30.2 Å². The van der Waals surface area contributed by atoms with Crippen molar-refractivity contribution in [2.45, 2.75) is 23.1 Å². The zero-order chi connectivity index (χ0) is 15.0. The number of hydrogen-bond acceptors (Lipinski definition) is 6. The van der Waals surface area contributed by atoms with E-state index in [4.69, 9.17) is 5.73 Å². The zero-order valence-electron chi connectivity index (χ0n) is 10.9. The van der Waals surface area contributed by atoms with Crippen LogP contribution in [0.5, 0.6) is 0 Å². The fourth-order valence-electron chi connectivity index (χ4n) is 2.15. The molecule has 1 atom stereocenters. The highest BCUT2D eigenvalue weighted by atomic mass is 32.2. The first-order valence-corrected chi connectivity index (χ1v) is 10.2. The summed E-state index contributed by atoms with van der Waals surface area (Å²) in [6.07, 6.45) is 2.32. The molecule has 114 valence electrons. The molecule has 2 heterocycles. The molecule has 1 unspecified atom stereocenters. The minimum absolute atomic E-state index is 0.146. The normalized spacial score (nSPS) is 21.9. The van der Waals surface area contributed by atoms with Gasteiger partial charge < -0.3 is 5.73 Å². The molecule has 0 aliphatic carbocycles. The number of nitrogens with two attached hydrogens (primary N) is 1. The smallest absolute Gasteiger partial charge is 0.252 e. The van der Waals surface area contributed by atoms with E-state index < -0.39 is 20.0 Å². The predicted octanol–water partition coefficient (Wildman–Crippen LogP) is 0.0326. The number of rotatable bonds is 4. The average molecular weight is 339 g/mol. The van der Waals surface area contributed by atoms with Crippen LogP contribution in [-0.4, -0.2) is 46.5 Å². The van der Waals surface area contributed by atoms with Gasteiger partial charge in [0.25, 0.3) is 10.0 Å². The van der Waals surface area contributed by atoms with Gasteiger partial charge in [0.2, 0.25) is 10.0 Å². The Balaban J connectivity index is 2.16. The number of thiophene rings is 1. The Bertz CT molecular complexity index is 680. The van der Waals surface area contributed by atoms with Gasteiger partial charge in [0.1, 0.15) is 4.21 Å². The third kappa shape index (κ3) is 3.70. The molecule has 3 N–H and O–H groups in total. The molecule has 1 aromatic heterocycles. The van der Waals surface area contributed by atoms with Crippen molar-refractivity contribution in [1.82, 2.24) is 9.03 Å². The highest BCUT2D eigenvalue weighted by molar-refractivity contribution is 7.91. The lowest BCUT2D eigenvalue weighted by atomic mass is 10.1. The maximum absolute atomic E-state index is 12.4. The number of piperidine rings is 1. The van der Waals surface area contributed by atoms with Gasteiger partial charge in [-0.05, 0) is 18.9 Å². The Kier molecular flexibility index (Phi) is 4.40. The number of hydrogen-bond donors (Lipinski definition) is 2. The van der Waals surface area contributed by atoms with E-state index in [1.165, 1.54) is 10.4 Å². The number of anilines is 1. The van der Waals surface area contributed by atoms with Crippen molar-refractivity contribution in [3.05, 3.63) is 11.4 Å². The number of nitrogens with one attached hydrogen (secondary N) is 1. The molecule has 1 aromatic rings. The molecule has 0 bridgehead atoms. The van der Waals surface area contributed by atoms with Crippen molar-refractivity contribution in [3.63, 3.8) is 0 Å². The number of nitrogens with zero attached hydrogens (tertiary/aromatic N) is 1. The Hall–Kier alpha value is -0.680. The first kappa shape index (κ1) is 15.7. The van der Waals surface area contributed by atoms with Gasteiger partial charge in [-0.3, -0.25) is 0 Å². The summed E-state index contributed by atoms with van der Waals surface area (Å²) < 4.78 is 51.3. The third-order valence-corrected chi connectivity index (χ3v) is 7.01. The first-order chi connectivity index (χ1) is 9.18. The van der Waals surface area contributed by atoms with E-state index in [0.29, 0.717) is 25.1 Å². The molecule has 0 amide bonds. The maximum atomic E-state index is 12.4. The van der Waals surface area contributed by atoms with Gasteiger partial charge in [0.15, 0.2) is 0 Å². The summed E-state index contributed by atoms with van der Waals surface area (Å²) in [6, 6.07) is 1.04. The molecular formula is C10H17N3O4S3. The van der Waals surface area contributed by atoms with Crippen molar-refractivity contribution < 1.29 is 16.8 Å². The predicted molar refractivity (Wildman–Crippen MR) is 78.5 cm³/mol. The van der Waals surface area contributed by atoms with Gasteiger partial charge in [-0.1, -0.05) is 0 Å². The van der Waals surface area contributed by atoms with Crippen LogP contribution in [0.1, 0.15) is 12.8 Å². The minimum Gasteiger partial charge on any atom is -0.398 e. The lowest BCUT2D eigenvalue weighted by Crippen LogP contribution is -2.49. The fourth-order valence-corrected chi connectivity index (χ4v) is 5.71. The summed E-state index contributed by atoms with van der Waals surface area (Å²) in [5, 5.41) is 1.57. The van der Waals surface area contributed by atoms with E-state index >= 15 is 0 Å². The number of sulfonamides is 2. The first-order valence-electron chi connectivity index (χ1n) is 6.00. The minimum atomic E-state index is -3.59. The Morgan fingerprint density at radius 1 is 1.40 bits per heavy atom. The molecule has 0 spiro atoms. The largest absolute Gasteiger partial charge is 0.398 e. The SMILES string of the molecule is CS(=O)(=O)NC1CCCN(S(=O)(=O)c2cc(N)cs2)C1. The van der Waals surface area contributed by atoms with Crippen LogP contribution in [-0.2, 0) is 20.0 Å². The molecule has 0 saturated carbocycles. The van der Waals surface area contributed by atoms with E-state index in [0.717, 1.165) is 17.6 Å². The molecule has 1 aliphatic rings. The van der Waals surface area contributed by atoms with Crippen LogP contribution < -0.4 is 10.5 Å². The monoisotopic (exact) mass is 339 g/mol. The van der Waals surface area contributed by atoms with Crippen molar-refractivity contribution in [1.29, 1.82) is 0 Å². The van der Waals surface area contributed by atoms with Crippen molar-refractivity contribution in [2.75, 3.05) is 25.1 Å². The average Bonchev–Trinajstić information content (AvgIpc) is 2.74. The van der Waals surface area contributed by atoms with Gasteiger partial charge >= 0.3 is 0 Å². The van der Waals surface area contributed by atoms with Crippen LogP contribution in [0.3, 0.4) is 0 Å². The van der Waals surface area contributed by atoms with Crippen LogP contribution in [0.25, 0.3) is 0 Å². The van der Waals surface area contributed by atoms with E-state index in [1.807, 2.05) is 0 Å². The highest BCUT2D eigenvalue weighted by Crippen LogP contribution is 2.27. The maximum Gasteiger partial charge on any atom is 0.252 e. The highest BCUT2D eigenvalue weighted by Gasteiger charge is 2.32. The summed E-state index contributed by atoms with van der Waals surface area (Å²) in [5.74, 6) is 0. The lowest BCUT2D eigenvalue weighted by molar-refractivity contribution is 0.304. The van der Waals surface area contributed by atoms with Crippen LogP contribution >= 0.6 is 11.3 Å². The summed E-state index contributed by atoms with van der Waals surface area (Å²) in [4.78, 5) is 0. The van der Waals surface area contributed by atoms with Crippen molar-refractivity contribution in [3.8, 4) is 0 Å². The van der Waals surface area contributed by atoms with Gasteiger partial charge in [-0.25, -0.2) is 21.6 Å². The number of nitrogen functional groups attached to an aromatic ring is 1. The van der Waals surface area contributed by atoms with Gasteiger partial charge in [-0.15, -0.1) is 11.3 Å². The van der Waals surface area contributed by atoms with E-state index in [2.05, 4.69) is 4.72 Å². The standard InChI is InChI=1S/C10H17N3O4S3/c1-19(14,15)12-9-3-2-4-13(6-9)20(16,17)10-5-8(11)7-18-10/h5,7,9,12H,2-4,6,11H2,1H3. The Labute approximate surface area is 122 Å². The van der Waals surface area contributed by atoms with Gasteiger partial charge in [-0.2, -0.15) is 4.31 Å². The van der Waals surface area contributed by atoms with E-state index in [1.54, 1.807) is 5.38 Å². The van der Waals surface area contributed by atoms with Crippen molar-refractivity contribution in [2.24, 2.45) is 0 Å². The molecular weight excluding hydrogens is 322 g/mol. The van der Waals surface area contributed by atoms with Crippen LogP contribution in [0.15, 0.2) is 15.7 Å². The van der Waals surface area contributed by atoms with Crippen LogP contribution in [0, 0.1) is 0 Å². The lowest BCUT2D eigenvalue weighted by Gasteiger charge is -2.31. The van der Waals surface area contributed by atoms with E-state index in [9.17, 15) is 16.8 Å². The zero-order valence-corrected chi connectivity index (χ0v) is 13.4. The molecule has 10 heteroatoms. The molecule has 0 aromatic carbocycles. The molecule has 2 rings (SSSR count). The molecule has 0 radical (unpaired) electrons. The summed E-state index contributed by atoms with van der Waals surface area (Å²) in [7, 11) is -6.93. The Morgan fingerprint density at radius 3 is 2.65 bits per heavy atom. The molecule has 1 saturated heterocycles. The Morgan fingerprint density at radius 2 is 2.10 bits per heavy atom. The van der Waals surface area contributed by atoms with Gasteiger partial charge in [0.05, 0.1) is 6.26 Å². The topological polar surface area (TPSA) is 110 Å². The fraction of sp³-hybridized carbons (Fsp3) is 0.600. The third-order valence-electron chi connectivity index (χ3n) is 2.95. The second kappa shape index (κ2) is 5.60. The van der Waals surface area contributed by atoms with Crippen LogP contribution in [0.4, 0.5) is 5.69 Å². The second-order valence-electron chi connectivity index (χ2n) is 4.79. The quantitative estimate of drug-likeness (QED) is 0.804. The summed E-state index contributed by atoms with van der Waals surface area (Å²) >= 11 is 1.07. The van der Waals surface area contributed by atoms with Crippen molar-refractivity contribution >= 4 is 37.1 Å². The van der Waals surface area contributed by atoms with Crippen LogP contribution in [0.2, 0.25) is 0 Å². The van der Waals surface area contributed by atoms with E-state index in [-0.39, 0.29) is 16.8 Å². The summed E-state index contributed by atoms with van der Waals surface area (Å²) in [5.41, 5.74) is 5.96.